The number of rotatable bonds is 8. The molecule has 0 spiro atoms. The molecule has 0 radical (unpaired) electrons. The molecule has 8 heteroatoms. The summed E-state index contributed by atoms with van der Waals surface area (Å²) in [7, 11) is 1.58. The first-order valence-electron chi connectivity index (χ1n) is 10.2. The second-order valence-corrected chi connectivity index (χ2v) is 7.65. The summed E-state index contributed by atoms with van der Waals surface area (Å²) in [5.41, 5.74) is 2.12. The number of nitrogens with zero attached hydrogens (tertiary/aromatic N) is 2. The van der Waals surface area contributed by atoms with Gasteiger partial charge in [-0.15, -0.1) is 0 Å². The van der Waals surface area contributed by atoms with Crippen molar-refractivity contribution in [1.82, 2.24) is 9.78 Å². The normalized spacial score (nSPS) is 10.6. The average molecular weight is 466 g/mol. The molecule has 1 heterocycles. The number of carbonyl (C=O) groups is 1. The van der Waals surface area contributed by atoms with Crippen LogP contribution >= 0.6 is 11.6 Å². The number of nitrogens with one attached hydrogen (secondary N) is 1. The van der Waals surface area contributed by atoms with E-state index in [0.29, 0.717) is 28.6 Å². The highest BCUT2D eigenvalue weighted by Gasteiger charge is 2.13. The van der Waals surface area contributed by atoms with E-state index >= 15 is 0 Å². The summed E-state index contributed by atoms with van der Waals surface area (Å²) in [6.45, 7) is 0.667. The van der Waals surface area contributed by atoms with Gasteiger partial charge in [-0.1, -0.05) is 48.0 Å². The maximum absolute atomic E-state index is 13.1. The van der Waals surface area contributed by atoms with Crippen molar-refractivity contribution in [3.63, 3.8) is 0 Å². The van der Waals surface area contributed by atoms with Crippen LogP contribution in [0.5, 0.6) is 11.5 Å². The lowest BCUT2D eigenvalue weighted by Crippen LogP contribution is -2.13. The molecule has 4 rings (SSSR count). The fourth-order valence-electron chi connectivity index (χ4n) is 3.22. The van der Waals surface area contributed by atoms with Gasteiger partial charge in [0, 0.05) is 11.8 Å². The van der Waals surface area contributed by atoms with Crippen LogP contribution in [0, 0.1) is 5.82 Å². The minimum Gasteiger partial charge on any atom is -0.493 e. The van der Waals surface area contributed by atoms with Crippen LogP contribution in [0.25, 0.3) is 0 Å². The molecule has 1 N–H and O–H groups in total. The summed E-state index contributed by atoms with van der Waals surface area (Å²) in [6, 6.07) is 20.6. The minimum atomic E-state index is -0.344. The van der Waals surface area contributed by atoms with Crippen molar-refractivity contribution in [3.8, 4) is 11.5 Å². The van der Waals surface area contributed by atoms with Gasteiger partial charge in [0.25, 0.3) is 5.91 Å². The summed E-state index contributed by atoms with van der Waals surface area (Å²) in [6.07, 6.45) is 1.61. The Morgan fingerprint density at radius 3 is 2.55 bits per heavy atom. The number of carbonyl (C=O) groups excluding carboxylic acids is 1. The number of hydrogen-bond donors (Lipinski definition) is 1. The maximum Gasteiger partial charge on any atom is 0.256 e. The van der Waals surface area contributed by atoms with Gasteiger partial charge in [0.1, 0.15) is 17.4 Å². The Morgan fingerprint density at radius 1 is 1.03 bits per heavy atom. The van der Waals surface area contributed by atoms with E-state index in [9.17, 15) is 9.18 Å². The van der Waals surface area contributed by atoms with Crippen LogP contribution < -0.4 is 14.8 Å². The van der Waals surface area contributed by atoms with Crippen LogP contribution in [-0.4, -0.2) is 22.8 Å². The lowest BCUT2D eigenvalue weighted by Gasteiger charge is -2.11. The molecule has 0 bridgehead atoms. The van der Waals surface area contributed by atoms with Gasteiger partial charge in [-0.2, -0.15) is 5.10 Å². The van der Waals surface area contributed by atoms with Crippen molar-refractivity contribution in [2.45, 2.75) is 13.2 Å². The molecule has 0 aliphatic rings. The summed E-state index contributed by atoms with van der Waals surface area (Å²) in [5.74, 6) is 0.855. The largest absolute Gasteiger partial charge is 0.493 e. The molecule has 1 amide bonds. The second kappa shape index (κ2) is 10.2. The number of methoxy groups -OCH3 is 1. The van der Waals surface area contributed by atoms with E-state index in [1.54, 1.807) is 48.3 Å². The van der Waals surface area contributed by atoms with Crippen molar-refractivity contribution >= 4 is 23.3 Å². The Hall–Kier alpha value is -3.84. The highest BCUT2D eigenvalue weighted by atomic mass is 35.5. The Labute approximate surface area is 195 Å². The van der Waals surface area contributed by atoms with Crippen LogP contribution in [0.1, 0.15) is 21.5 Å². The number of halogens is 2. The quantitative estimate of drug-likeness (QED) is 0.370. The van der Waals surface area contributed by atoms with Gasteiger partial charge in [0.2, 0.25) is 0 Å². The van der Waals surface area contributed by atoms with Crippen LogP contribution in [0.3, 0.4) is 0 Å². The third kappa shape index (κ3) is 5.70. The Kier molecular flexibility index (Phi) is 6.90. The first kappa shape index (κ1) is 22.4. The van der Waals surface area contributed by atoms with Crippen molar-refractivity contribution in [1.29, 1.82) is 0 Å². The number of para-hydroxylation sites is 2. The molecule has 6 nitrogen and oxygen atoms in total. The molecule has 0 aliphatic carbocycles. The molecule has 0 fully saturated rings. The monoisotopic (exact) mass is 465 g/mol. The Morgan fingerprint density at radius 2 is 1.79 bits per heavy atom. The van der Waals surface area contributed by atoms with E-state index in [2.05, 4.69) is 10.4 Å². The topological polar surface area (TPSA) is 65.4 Å². The molecule has 33 heavy (non-hydrogen) atoms. The second-order valence-electron chi connectivity index (χ2n) is 7.24. The van der Waals surface area contributed by atoms with Gasteiger partial charge in [-0.3, -0.25) is 9.48 Å². The lowest BCUT2D eigenvalue weighted by molar-refractivity contribution is 0.102. The predicted molar refractivity (Wildman–Crippen MR) is 124 cm³/mol. The number of benzene rings is 3. The van der Waals surface area contributed by atoms with Gasteiger partial charge in [0.15, 0.2) is 17.3 Å². The summed E-state index contributed by atoms with van der Waals surface area (Å²) in [4.78, 5) is 12.8. The summed E-state index contributed by atoms with van der Waals surface area (Å²) in [5, 5.41) is 7.37. The van der Waals surface area contributed by atoms with Crippen LogP contribution in [0.2, 0.25) is 5.02 Å². The minimum absolute atomic E-state index is 0.249. The number of amides is 1. The molecule has 168 valence electrons. The smallest absolute Gasteiger partial charge is 0.256 e. The molecule has 0 saturated carbocycles. The molecule has 4 aromatic rings. The molecule has 0 aliphatic heterocycles. The van der Waals surface area contributed by atoms with E-state index in [0.717, 1.165) is 11.1 Å². The van der Waals surface area contributed by atoms with Gasteiger partial charge >= 0.3 is 0 Å². The van der Waals surface area contributed by atoms with Crippen molar-refractivity contribution in [3.05, 3.63) is 107 Å². The molecule has 0 unspecified atom stereocenters. The van der Waals surface area contributed by atoms with Crippen LogP contribution in [0.15, 0.2) is 79.0 Å². The van der Waals surface area contributed by atoms with Crippen molar-refractivity contribution < 1.29 is 18.7 Å². The molecule has 0 saturated heterocycles. The van der Waals surface area contributed by atoms with Gasteiger partial charge in [0.05, 0.1) is 13.7 Å². The fourth-order valence-corrected chi connectivity index (χ4v) is 3.42. The van der Waals surface area contributed by atoms with Crippen molar-refractivity contribution in [2.24, 2.45) is 0 Å². The molecular weight excluding hydrogens is 445 g/mol. The third-order valence-corrected chi connectivity index (χ3v) is 5.14. The molecular formula is C25H21ClFN3O3. The summed E-state index contributed by atoms with van der Waals surface area (Å²) >= 11 is 6.26. The number of aromatic nitrogens is 2. The van der Waals surface area contributed by atoms with E-state index in [-0.39, 0.29) is 24.1 Å². The predicted octanol–water partition coefficient (Wildman–Crippen LogP) is 5.56. The first-order chi connectivity index (χ1) is 16.0. The zero-order valence-electron chi connectivity index (χ0n) is 17.8. The Bertz CT molecular complexity index is 1260. The summed E-state index contributed by atoms with van der Waals surface area (Å²) < 4.78 is 25.8. The Balaban J connectivity index is 1.41. The number of hydrogen-bond acceptors (Lipinski definition) is 4. The molecule has 1 aromatic heterocycles. The number of anilines is 1. The zero-order chi connectivity index (χ0) is 23.2. The third-order valence-electron chi connectivity index (χ3n) is 4.86. The fraction of sp³-hybridized carbons (Fsp3) is 0.120. The maximum atomic E-state index is 13.1. The van der Waals surface area contributed by atoms with E-state index in [1.807, 2.05) is 30.3 Å². The van der Waals surface area contributed by atoms with Crippen LogP contribution in [-0.2, 0) is 13.2 Å². The average Bonchev–Trinajstić information content (AvgIpc) is 3.17. The first-order valence-corrected chi connectivity index (χ1v) is 10.5. The van der Waals surface area contributed by atoms with Gasteiger partial charge in [-0.05, 0) is 47.5 Å². The molecule has 0 atom stereocenters. The van der Waals surface area contributed by atoms with E-state index in [4.69, 9.17) is 21.1 Å². The number of ether oxygens (including phenoxy) is 2. The zero-order valence-corrected chi connectivity index (χ0v) is 18.6. The van der Waals surface area contributed by atoms with Crippen LogP contribution in [0.4, 0.5) is 10.2 Å². The standard InChI is InChI=1S/C25H21ClFN3O3/c1-32-22-7-2-3-8-23(22)33-16-18-5-4-6-19(13-18)25(31)28-24-21(26)15-30(29-24)14-17-9-11-20(27)12-10-17/h2-13,15H,14,16H2,1H3,(H,28,29,31). The van der Waals surface area contributed by atoms with E-state index < -0.39 is 0 Å². The SMILES string of the molecule is COc1ccccc1OCc1cccc(C(=O)Nc2nn(Cc3ccc(F)cc3)cc2Cl)c1. The molecule has 3 aromatic carbocycles. The lowest BCUT2D eigenvalue weighted by atomic mass is 10.1. The van der Waals surface area contributed by atoms with Crippen molar-refractivity contribution in [2.75, 3.05) is 12.4 Å². The van der Waals surface area contributed by atoms with Gasteiger partial charge < -0.3 is 14.8 Å². The highest BCUT2D eigenvalue weighted by molar-refractivity contribution is 6.33. The van der Waals surface area contributed by atoms with E-state index in [1.165, 1.54) is 12.1 Å². The van der Waals surface area contributed by atoms with Gasteiger partial charge in [-0.25, -0.2) is 4.39 Å². The highest BCUT2D eigenvalue weighted by Crippen LogP contribution is 2.27.